The number of carbonyl (C=O) groups excluding carboxylic acids is 1. The number of rotatable bonds is 3. The highest BCUT2D eigenvalue weighted by Gasteiger charge is 2.34. The molecule has 4 heteroatoms. The van der Waals surface area contributed by atoms with Crippen LogP contribution in [0.5, 0.6) is 0 Å². The summed E-state index contributed by atoms with van der Waals surface area (Å²) in [6.07, 6.45) is -0.856. The molecule has 1 aliphatic rings. The molecule has 2 atom stereocenters. The molecule has 0 saturated carbocycles. The zero-order valence-corrected chi connectivity index (χ0v) is 8.45. The molecule has 0 aliphatic carbocycles. The van der Waals surface area contributed by atoms with Crippen molar-refractivity contribution in [2.75, 3.05) is 20.1 Å². The molecule has 0 radical (unpaired) electrons. The number of carbonyl (C=O) groups is 1. The maximum absolute atomic E-state index is 11.2. The summed E-state index contributed by atoms with van der Waals surface area (Å²) in [5.74, 6) is 0.382. The fourth-order valence-corrected chi connectivity index (χ4v) is 1.51. The lowest BCUT2D eigenvalue weighted by atomic mass is 9.92. The average Bonchev–Trinajstić information content (AvgIpc) is 2.00. The first-order valence-electron chi connectivity index (χ1n) is 4.70. The average molecular weight is 186 g/mol. The molecule has 13 heavy (non-hydrogen) atoms. The maximum atomic E-state index is 11.2. The fourth-order valence-electron chi connectivity index (χ4n) is 1.51. The van der Waals surface area contributed by atoms with Crippen molar-refractivity contribution in [3.63, 3.8) is 0 Å². The Morgan fingerprint density at radius 1 is 1.54 bits per heavy atom. The Hall–Kier alpha value is -0.610. The van der Waals surface area contributed by atoms with Gasteiger partial charge >= 0.3 is 0 Å². The number of aliphatic hydroxyl groups is 1. The van der Waals surface area contributed by atoms with E-state index in [2.05, 4.69) is 12.2 Å². The molecular weight excluding hydrogens is 168 g/mol. The molecule has 0 bridgehead atoms. The molecule has 1 fully saturated rings. The molecule has 0 aromatic heterocycles. The van der Waals surface area contributed by atoms with Gasteiger partial charge in [0.15, 0.2) is 0 Å². The number of aliphatic hydroxyl groups excluding tert-OH is 1. The first-order valence-corrected chi connectivity index (χ1v) is 4.70. The molecule has 76 valence electrons. The van der Waals surface area contributed by atoms with Crippen LogP contribution in [0.15, 0.2) is 0 Å². The van der Waals surface area contributed by atoms with Crippen LogP contribution in [0.3, 0.4) is 0 Å². The van der Waals surface area contributed by atoms with E-state index in [0.717, 1.165) is 13.1 Å². The normalized spacial score (nSPS) is 22.3. The number of hydrogen-bond acceptors (Lipinski definition) is 3. The van der Waals surface area contributed by atoms with E-state index in [1.807, 2.05) is 7.05 Å². The topological polar surface area (TPSA) is 52.6 Å². The summed E-state index contributed by atoms with van der Waals surface area (Å²) < 4.78 is 0. The molecule has 2 N–H and O–H groups in total. The Bertz CT molecular complexity index is 188. The van der Waals surface area contributed by atoms with Crippen molar-refractivity contribution in [3.8, 4) is 0 Å². The van der Waals surface area contributed by atoms with Gasteiger partial charge in [-0.2, -0.15) is 0 Å². The third-order valence-electron chi connectivity index (χ3n) is 2.74. The molecule has 1 amide bonds. The number of likely N-dealkylation sites (tertiary alicyclic amines) is 1. The fraction of sp³-hybridized carbons (Fsp3) is 0.889. The summed E-state index contributed by atoms with van der Waals surface area (Å²) in [6, 6.07) is 0.443. The first kappa shape index (κ1) is 10.5. The minimum atomic E-state index is -0.856. The van der Waals surface area contributed by atoms with Crippen LogP contribution < -0.4 is 5.32 Å². The second-order valence-electron chi connectivity index (χ2n) is 3.76. The van der Waals surface area contributed by atoms with E-state index in [0.29, 0.717) is 12.0 Å². The lowest BCUT2D eigenvalue weighted by molar-refractivity contribution is -0.146. The number of hydrogen-bond donors (Lipinski definition) is 2. The van der Waals surface area contributed by atoms with Gasteiger partial charge in [-0.25, -0.2) is 0 Å². The largest absolute Gasteiger partial charge is 0.384 e. The van der Waals surface area contributed by atoms with E-state index in [4.69, 9.17) is 5.11 Å². The van der Waals surface area contributed by atoms with Crippen LogP contribution in [0.4, 0.5) is 0 Å². The Labute approximate surface area is 78.9 Å². The highest BCUT2D eigenvalue weighted by molar-refractivity contribution is 5.80. The second kappa shape index (κ2) is 4.07. The monoisotopic (exact) mass is 186 g/mol. The van der Waals surface area contributed by atoms with Gasteiger partial charge in [0.2, 0.25) is 0 Å². The van der Waals surface area contributed by atoms with Crippen LogP contribution >= 0.6 is 0 Å². The molecule has 1 unspecified atom stereocenters. The van der Waals surface area contributed by atoms with Gasteiger partial charge in [0.25, 0.3) is 5.91 Å². The van der Waals surface area contributed by atoms with E-state index in [1.165, 1.54) is 6.92 Å². The Balaban J connectivity index is 2.29. The van der Waals surface area contributed by atoms with Crippen molar-refractivity contribution >= 4 is 5.91 Å². The van der Waals surface area contributed by atoms with Gasteiger partial charge in [-0.05, 0) is 20.9 Å². The van der Waals surface area contributed by atoms with Crippen LogP contribution in [0.1, 0.15) is 13.8 Å². The minimum Gasteiger partial charge on any atom is -0.384 e. The van der Waals surface area contributed by atoms with Crippen LogP contribution in [0, 0.1) is 5.92 Å². The Kier molecular flexibility index (Phi) is 3.27. The Morgan fingerprint density at radius 3 is 2.46 bits per heavy atom. The summed E-state index contributed by atoms with van der Waals surface area (Å²) in [4.78, 5) is 12.9. The van der Waals surface area contributed by atoms with E-state index >= 15 is 0 Å². The zero-order chi connectivity index (χ0) is 10.0. The van der Waals surface area contributed by atoms with Gasteiger partial charge in [0, 0.05) is 25.0 Å². The smallest absolute Gasteiger partial charge is 0.251 e. The Morgan fingerprint density at radius 2 is 2.08 bits per heavy atom. The molecule has 0 spiro atoms. The van der Waals surface area contributed by atoms with Gasteiger partial charge in [-0.15, -0.1) is 0 Å². The van der Waals surface area contributed by atoms with Gasteiger partial charge in [-0.3, -0.25) is 4.79 Å². The molecule has 1 saturated heterocycles. The van der Waals surface area contributed by atoms with Crippen LogP contribution in [-0.2, 0) is 4.79 Å². The van der Waals surface area contributed by atoms with Crippen LogP contribution in [0.25, 0.3) is 0 Å². The second-order valence-corrected chi connectivity index (χ2v) is 3.76. The van der Waals surface area contributed by atoms with Gasteiger partial charge in [0.05, 0.1) is 0 Å². The van der Waals surface area contributed by atoms with Crippen molar-refractivity contribution in [2.45, 2.75) is 26.0 Å². The van der Waals surface area contributed by atoms with Crippen LogP contribution in [-0.4, -0.2) is 48.2 Å². The maximum Gasteiger partial charge on any atom is 0.251 e. The summed E-state index contributed by atoms with van der Waals surface area (Å²) in [5, 5.41) is 12.2. The number of nitrogens with one attached hydrogen (secondary N) is 1. The van der Waals surface area contributed by atoms with Crippen molar-refractivity contribution in [3.05, 3.63) is 0 Å². The van der Waals surface area contributed by atoms with E-state index in [1.54, 1.807) is 4.90 Å². The van der Waals surface area contributed by atoms with E-state index < -0.39 is 6.10 Å². The summed E-state index contributed by atoms with van der Waals surface area (Å²) >= 11 is 0. The van der Waals surface area contributed by atoms with Crippen molar-refractivity contribution < 1.29 is 9.90 Å². The molecule has 4 nitrogen and oxygen atoms in total. The van der Waals surface area contributed by atoms with E-state index in [-0.39, 0.29) is 5.91 Å². The highest BCUT2D eigenvalue weighted by atomic mass is 16.3. The minimum absolute atomic E-state index is 0.153. The summed E-state index contributed by atoms with van der Waals surface area (Å²) in [6.45, 7) is 5.16. The molecular formula is C9H18N2O2. The van der Waals surface area contributed by atoms with Crippen molar-refractivity contribution in [1.29, 1.82) is 0 Å². The molecule has 0 aromatic rings. The summed E-state index contributed by atoms with van der Waals surface area (Å²) in [7, 11) is 1.92. The molecule has 1 heterocycles. The standard InChI is InChI=1S/C9H18N2O2/c1-6(10-3)8-4-11(5-8)9(13)7(2)12/h6-8,10,12H,4-5H2,1-3H3/t6?,7-/m1/s1. The molecule has 0 aromatic carbocycles. The van der Waals surface area contributed by atoms with Gasteiger partial charge < -0.3 is 15.3 Å². The SMILES string of the molecule is CNC(C)C1CN(C(=O)[C@@H](C)O)C1. The highest BCUT2D eigenvalue weighted by Crippen LogP contribution is 2.19. The van der Waals surface area contributed by atoms with E-state index in [9.17, 15) is 4.79 Å². The number of amides is 1. The lowest BCUT2D eigenvalue weighted by Crippen LogP contribution is -2.58. The van der Waals surface area contributed by atoms with Crippen LogP contribution in [0.2, 0.25) is 0 Å². The van der Waals surface area contributed by atoms with Gasteiger partial charge in [0.1, 0.15) is 6.10 Å². The zero-order valence-electron chi connectivity index (χ0n) is 8.45. The molecule has 1 aliphatic heterocycles. The first-order chi connectivity index (χ1) is 6.06. The third-order valence-corrected chi connectivity index (χ3v) is 2.74. The lowest BCUT2D eigenvalue weighted by Gasteiger charge is -2.42. The number of nitrogens with zero attached hydrogens (tertiary/aromatic N) is 1. The summed E-state index contributed by atoms with van der Waals surface area (Å²) in [5.41, 5.74) is 0. The predicted molar refractivity (Wildman–Crippen MR) is 50.3 cm³/mol. The predicted octanol–water partition coefficient (Wildman–Crippen LogP) is -0.566. The third kappa shape index (κ3) is 2.19. The van der Waals surface area contributed by atoms with Crippen molar-refractivity contribution in [2.24, 2.45) is 5.92 Å². The molecule has 1 rings (SSSR count). The van der Waals surface area contributed by atoms with Crippen molar-refractivity contribution in [1.82, 2.24) is 10.2 Å². The van der Waals surface area contributed by atoms with Gasteiger partial charge in [-0.1, -0.05) is 0 Å². The quantitative estimate of drug-likeness (QED) is 0.621.